The van der Waals surface area contributed by atoms with E-state index < -0.39 is 10.0 Å². The first-order chi connectivity index (χ1) is 29.9. The molecule has 2 radical (unpaired) electrons. The molecule has 2 aliphatic rings. The summed E-state index contributed by atoms with van der Waals surface area (Å²) < 4.78 is 13.4. The number of unbranched alkanes of at least 4 members (excludes halogenated alkanes) is 1. The molecular weight excluding hydrogens is 763 g/mol. The Labute approximate surface area is 358 Å². The summed E-state index contributed by atoms with van der Waals surface area (Å²) in [5, 5.41) is 4.19. The van der Waals surface area contributed by atoms with Crippen molar-refractivity contribution >= 4 is 95.7 Å². The highest BCUT2D eigenvalue weighted by Crippen LogP contribution is 2.69. The van der Waals surface area contributed by atoms with Crippen LogP contribution in [0.3, 0.4) is 0 Å². The first-order valence-corrected chi connectivity index (χ1v) is 23.7. The molecule has 4 nitrogen and oxygen atoms in total. The van der Waals surface area contributed by atoms with Crippen molar-refractivity contribution in [1.29, 1.82) is 0 Å². The number of para-hydroxylation sites is 4. The van der Waals surface area contributed by atoms with Crippen molar-refractivity contribution in [3.63, 3.8) is 0 Å². The second-order valence-electron chi connectivity index (χ2n) is 16.9. The van der Waals surface area contributed by atoms with Crippen LogP contribution in [0.2, 0.25) is 0 Å². The molecule has 0 unspecified atom stereocenters. The molecule has 8 aromatic carbocycles. The van der Waals surface area contributed by atoms with Gasteiger partial charge in [-0.25, -0.2) is 0 Å². The number of rotatable bonds is 7. The third kappa shape index (κ3) is 5.34. The topological polar surface area (TPSA) is 32.8 Å². The Kier molecular flexibility index (Phi) is 8.14. The lowest BCUT2D eigenvalue weighted by molar-refractivity contribution is 0.668. The molecule has 10 aromatic rings. The average Bonchev–Trinajstić information content (AvgIpc) is 3.87. The molecular formula is C55H43BN2O2S. The molecule has 61 heavy (non-hydrogen) atoms. The molecule has 0 spiro atoms. The van der Waals surface area contributed by atoms with Crippen LogP contribution in [-0.2, 0) is 13.0 Å². The predicted octanol–water partition coefficient (Wildman–Crippen LogP) is 14.9. The number of aryl methyl sites for hydroxylation is 1. The fourth-order valence-corrected chi connectivity index (χ4v) is 12.7. The Morgan fingerprint density at radius 3 is 2.10 bits per heavy atom. The van der Waals surface area contributed by atoms with Crippen LogP contribution in [0.1, 0.15) is 30.9 Å². The summed E-state index contributed by atoms with van der Waals surface area (Å²) in [6, 6.07) is 57.0. The van der Waals surface area contributed by atoms with Gasteiger partial charge in [0.2, 0.25) is 0 Å². The van der Waals surface area contributed by atoms with Gasteiger partial charge in [0.15, 0.2) is 0 Å². The molecule has 0 amide bonds. The van der Waals surface area contributed by atoms with E-state index in [1.54, 1.807) is 0 Å². The van der Waals surface area contributed by atoms with E-state index in [9.17, 15) is 0 Å². The second kappa shape index (κ2) is 13.7. The predicted molar refractivity (Wildman–Crippen MR) is 259 cm³/mol. The van der Waals surface area contributed by atoms with Gasteiger partial charge in [0.1, 0.15) is 30.2 Å². The van der Waals surface area contributed by atoms with Crippen LogP contribution in [0.15, 0.2) is 176 Å². The van der Waals surface area contributed by atoms with Gasteiger partial charge in [0.05, 0.1) is 29.3 Å². The maximum Gasteiger partial charge on any atom is 0.138 e. The van der Waals surface area contributed by atoms with E-state index in [-0.39, 0.29) is 0 Å². The number of hydrogen-bond donors (Lipinski definition) is 0. The van der Waals surface area contributed by atoms with E-state index in [1.165, 1.54) is 43.4 Å². The Hall–Kier alpha value is -6.63. The summed E-state index contributed by atoms with van der Waals surface area (Å²) in [5.74, 6) is 0. The van der Waals surface area contributed by atoms with Crippen LogP contribution >= 0.6 is 10.0 Å². The monoisotopic (exact) mass is 806 g/mol. The van der Waals surface area contributed by atoms with Gasteiger partial charge in [-0.1, -0.05) is 116 Å². The third-order valence-corrected chi connectivity index (χ3v) is 16.0. The third-order valence-electron chi connectivity index (χ3n) is 13.1. The summed E-state index contributed by atoms with van der Waals surface area (Å²) in [6.45, 7) is 2.92. The largest absolute Gasteiger partial charge is 0.456 e. The fraction of sp³-hybridized carbons (Fsp3) is 0.127. The molecule has 0 saturated carbocycles. The fourth-order valence-electron chi connectivity index (χ4n) is 10.2. The minimum absolute atomic E-state index is 0.666. The van der Waals surface area contributed by atoms with Crippen LogP contribution in [0.25, 0.3) is 66.1 Å². The van der Waals surface area contributed by atoms with Crippen LogP contribution < -0.4 is 15.3 Å². The van der Waals surface area contributed by atoms with Crippen molar-refractivity contribution in [2.75, 3.05) is 22.3 Å². The first-order valence-electron chi connectivity index (χ1n) is 21.3. The molecule has 0 saturated heterocycles. The Balaban J connectivity index is 1.23. The lowest BCUT2D eigenvalue weighted by Crippen LogP contribution is -2.29. The molecule has 12 rings (SSSR count). The van der Waals surface area contributed by atoms with Crippen LogP contribution in [0.4, 0.5) is 28.4 Å². The smallest absolute Gasteiger partial charge is 0.138 e. The van der Waals surface area contributed by atoms with E-state index in [2.05, 4.69) is 175 Å². The van der Waals surface area contributed by atoms with Crippen molar-refractivity contribution in [2.45, 2.75) is 42.5 Å². The molecule has 2 aliphatic heterocycles. The average molecular weight is 807 g/mol. The molecule has 0 atom stereocenters. The number of hydrogen-bond acceptors (Lipinski definition) is 4. The van der Waals surface area contributed by atoms with Crippen molar-refractivity contribution in [2.24, 2.45) is 0 Å². The van der Waals surface area contributed by atoms with E-state index >= 15 is 0 Å². The Morgan fingerprint density at radius 2 is 1.30 bits per heavy atom. The van der Waals surface area contributed by atoms with E-state index in [0.717, 1.165) is 91.3 Å². The standard InChI is InChI=1S/C55H43BN2O2S/c1-4-5-16-34-27-28-41(39(31-34)35-17-7-6-8-18-35)58(43-29-30-47-53(54(43)56)37-20-10-13-24-46(37)59-47)44-32-48-52(36-19-9-12-23-45(36)60-48)51-38-21-15-26-50-55(38)57(33-40(44)51)42-22-11-14-25-49(42)61(50,2)3/h6-15,17-32H,4-5,16,33H2,1-3H3. The number of benzene rings is 8. The second-order valence-corrected chi connectivity index (χ2v) is 20.4. The van der Waals surface area contributed by atoms with Gasteiger partial charge < -0.3 is 18.6 Å². The summed E-state index contributed by atoms with van der Waals surface area (Å²) >= 11 is 0. The zero-order valence-corrected chi connectivity index (χ0v) is 35.4. The maximum atomic E-state index is 7.56. The minimum atomic E-state index is -1.32. The summed E-state index contributed by atoms with van der Waals surface area (Å²) in [6.07, 6.45) is 8.17. The molecule has 2 aromatic heterocycles. The Morgan fingerprint density at radius 1 is 0.607 bits per heavy atom. The lowest BCUT2D eigenvalue weighted by atomic mass is 9.85. The van der Waals surface area contributed by atoms with Gasteiger partial charge in [0, 0.05) is 65.3 Å². The molecule has 6 heteroatoms. The highest BCUT2D eigenvalue weighted by Gasteiger charge is 2.40. The van der Waals surface area contributed by atoms with Crippen molar-refractivity contribution in [3.8, 4) is 22.3 Å². The number of fused-ring (bicyclic) bond motifs is 11. The van der Waals surface area contributed by atoms with E-state index in [0.29, 0.717) is 12.0 Å². The zero-order chi connectivity index (χ0) is 41.0. The first kappa shape index (κ1) is 36.2. The minimum Gasteiger partial charge on any atom is -0.456 e. The highest BCUT2D eigenvalue weighted by atomic mass is 32.3. The summed E-state index contributed by atoms with van der Waals surface area (Å²) in [5.41, 5.74) is 16.8. The molecule has 294 valence electrons. The maximum absolute atomic E-state index is 7.56. The molecule has 4 heterocycles. The highest BCUT2D eigenvalue weighted by molar-refractivity contribution is 8.33. The van der Waals surface area contributed by atoms with Gasteiger partial charge in [-0.05, 0) is 91.1 Å². The van der Waals surface area contributed by atoms with Crippen molar-refractivity contribution in [1.82, 2.24) is 0 Å². The van der Waals surface area contributed by atoms with Crippen LogP contribution in [0, 0.1) is 0 Å². The SMILES string of the molecule is [B]c1c(N(c2ccc(CCCC)cc2-c2ccccc2)c2cc3oc4ccccc4c3c3c2CN2c4ccccc4S(C)(C)c4cccc-3c42)ccc2oc3ccccc3c12. The van der Waals surface area contributed by atoms with Crippen molar-refractivity contribution < 1.29 is 8.83 Å². The van der Waals surface area contributed by atoms with Gasteiger partial charge >= 0.3 is 0 Å². The van der Waals surface area contributed by atoms with Gasteiger partial charge in [-0.2, -0.15) is 10.0 Å². The van der Waals surface area contributed by atoms with Gasteiger partial charge in [-0.3, -0.25) is 0 Å². The molecule has 0 N–H and O–H groups in total. The number of nitrogens with zero attached hydrogens (tertiary/aromatic N) is 2. The molecule has 0 aliphatic carbocycles. The quantitative estimate of drug-likeness (QED) is 0.150. The Bertz CT molecular complexity index is 3400. The molecule has 0 fully saturated rings. The van der Waals surface area contributed by atoms with Crippen molar-refractivity contribution in [3.05, 3.63) is 169 Å². The van der Waals surface area contributed by atoms with Crippen LogP contribution in [0.5, 0.6) is 0 Å². The lowest BCUT2D eigenvalue weighted by Gasteiger charge is -2.48. The zero-order valence-electron chi connectivity index (χ0n) is 34.5. The van der Waals surface area contributed by atoms with Crippen LogP contribution in [-0.4, -0.2) is 20.4 Å². The molecule has 0 bridgehead atoms. The summed E-state index contributed by atoms with van der Waals surface area (Å²) in [4.78, 5) is 7.83. The van der Waals surface area contributed by atoms with E-state index in [1.807, 2.05) is 12.1 Å². The normalized spacial score (nSPS) is 14.3. The van der Waals surface area contributed by atoms with Gasteiger partial charge in [-0.15, -0.1) is 0 Å². The van der Waals surface area contributed by atoms with E-state index in [4.69, 9.17) is 16.7 Å². The number of anilines is 5. The van der Waals surface area contributed by atoms with Gasteiger partial charge in [0.25, 0.3) is 0 Å². The number of furan rings is 2. The summed E-state index contributed by atoms with van der Waals surface area (Å²) in [7, 11) is 6.24.